The van der Waals surface area contributed by atoms with Crippen LogP contribution in [0.5, 0.6) is 0 Å². The van der Waals surface area contributed by atoms with Crippen LogP contribution in [0.4, 0.5) is 5.69 Å². The van der Waals surface area contributed by atoms with E-state index in [2.05, 4.69) is 10.3 Å². The molecule has 0 fully saturated rings. The Bertz CT molecular complexity index is 1940. The molecule has 0 saturated heterocycles. The predicted molar refractivity (Wildman–Crippen MR) is 158 cm³/mol. The number of hydrogen-bond acceptors (Lipinski definition) is 6. The molecule has 4 aromatic carbocycles. The number of carbonyl (C=O) groups excluding carboxylic acids is 2. The molecule has 0 aliphatic carbocycles. The molecular weight excluding hydrogens is 540 g/mol. The van der Waals surface area contributed by atoms with Crippen LogP contribution in [0.2, 0.25) is 1.41 Å². The Morgan fingerprint density at radius 3 is 2.44 bits per heavy atom. The molecule has 5 rings (SSSR count). The van der Waals surface area contributed by atoms with Gasteiger partial charge in [0.1, 0.15) is 17.3 Å². The molecule has 1 aromatic heterocycles. The third-order valence-electron chi connectivity index (χ3n) is 6.57. The first-order valence-corrected chi connectivity index (χ1v) is 13.9. The highest BCUT2D eigenvalue weighted by atomic mass is 32.2. The van der Waals surface area contributed by atoms with Crippen molar-refractivity contribution < 1.29 is 19.4 Å². The molecule has 0 saturated carbocycles. The van der Waals surface area contributed by atoms with Gasteiger partial charge in [-0.25, -0.2) is 8.42 Å². The maximum absolute atomic E-state index is 13.9. The number of sulfonamides is 1. The third-order valence-corrected chi connectivity index (χ3v) is 8.37. The van der Waals surface area contributed by atoms with Crippen molar-refractivity contribution in [3.05, 3.63) is 114 Å². The molecule has 11 heteroatoms. The highest BCUT2D eigenvalue weighted by Gasteiger charge is 2.29. The Morgan fingerprint density at radius 2 is 1.68 bits per heavy atom. The third kappa shape index (κ3) is 5.56. The second kappa shape index (κ2) is 11.1. The standard InChI is InChI=1S/C30H26N6O4S/c31-27(37)18-36(41(39,40)26-8-2-4-20-6-3-15-34-28(20)26)23-13-14-24-22(16-23)5-1-7-25(24)30(38)35-17-19-9-11-21(12-10-19)29(32)33/h1-16H,17-18H2,(H2,31,37)(H3,32,33)(H,35,38)/i/hD. The number of nitrogens with zero attached hydrogens (tertiary/aromatic N) is 2. The molecule has 2 amide bonds. The lowest BCUT2D eigenvalue weighted by Gasteiger charge is -2.24. The van der Waals surface area contributed by atoms with Crippen molar-refractivity contribution in [2.75, 3.05) is 10.8 Å². The zero-order valence-corrected chi connectivity index (χ0v) is 22.5. The van der Waals surface area contributed by atoms with Gasteiger partial charge in [-0.15, -0.1) is 0 Å². The molecule has 0 atom stereocenters. The first-order valence-electron chi connectivity index (χ1n) is 13.0. The van der Waals surface area contributed by atoms with Crippen molar-refractivity contribution in [2.24, 2.45) is 11.5 Å². The van der Waals surface area contributed by atoms with E-state index in [0.717, 1.165) is 9.87 Å². The number of nitrogens with two attached hydrogens (primary N) is 2. The molecule has 0 unspecified atom stereocenters. The number of hydrogen-bond donors (Lipinski definition) is 4. The molecule has 5 aromatic rings. The van der Waals surface area contributed by atoms with Crippen LogP contribution < -0.4 is 21.1 Å². The summed E-state index contributed by atoms with van der Waals surface area (Å²) in [6.45, 7) is -0.387. The molecule has 0 radical (unpaired) electrons. The minimum atomic E-state index is -4.30. The number of amides is 2. The SMILES string of the molecule is [2H]NC(=O)CN(c1ccc2c(C(=O)NCc3ccc(C(=N)N)cc3)cccc2c1)S(=O)(=O)c1cccc2cccnc12. The molecule has 206 valence electrons. The molecule has 41 heavy (non-hydrogen) atoms. The quantitative estimate of drug-likeness (QED) is 0.157. The number of para-hydroxylation sites is 1. The molecule has 1 heterocycles. The molecule has 10 nitrogen and oxygen atoms in total. The maximum atomic E-state index is 13.9. The highest BCUT2D eigenvalue weighted by molar-refractivity contribution is 7.93. The smallest absolute Gasteiger partial charge is 0.266 e. The molecule has 0 bridgehead atoms. The van der Waals surface area contributed by atoms with Crippen molar-refractivity contribution in [3.8, 4) is 0 Å². The van der Waals surface area contributed by atoms with Gasteiger partial charge >= 0.3 is 0 Å². The van der Waals surface area contributed by atoms with Crippen LogP contribution in [0.3, 0.4) is 0 Å². The summed E-state index contributed by atoms with van der Waals surface area (Å²) in [5.74, 6) is -1.19. The summed E-state index contributed by atoms with van der Waals surface area (Å²) in [6.07, 6.45) is 1.49. The van der Waals surface area contributed by atoms with Gasteiger partial charge in [-0.1, -0.05) is 60.7 Å². The summed E-state index contributed by atoms with van der Waals surface area (Å²) in [7, 11) is -4.30. The number of pyridine rings is 1. The van der Waals surface area contributed by atoms with Crippen molar-refractivity contribution in [1.29, 1.82) is 5.41 Å². The van der Waals surface area contributed by atoms with Gasteiger partial charge in [0, 0.05) is 29.3 Å². The molecule has 0 spiro atoms. The number of aromatic nitrogens is 1. The Kier molecular flexibility index (Phi) is 7.00. The number of nitrogen functional groups attached to an aromatic ring is 1. The summed E-state index contributed by atoms with van der Waals surface area (Å²) < 4.78 is 36.1. The van der Waals surface area contributed by atoms with E-state index in [1.807, 2.05) is 0 Å². The zero-order valence-electron chi connectivity index (χ0n) is 22.7. The largest absolute Gasteiger partial charge is 0.384 e. The number of rotatable bonds is 9. The first-order chi connectivity index (χ1) is 20.2. The number of carbonyl (C=O) groups is 2. The fourth-order valence-corrected chi connectivity index (χ4v) is 6.13. The summed E-state index contributed by atoms with van der Waals surface area (Å²) >= 11 is 0. The summed E-state index contributed by atoms with van der Waals surface area (Å²) in [6, 6.07) is 25.0. The monoisotopic (exact) mass is 567 g/mol. The summed E-state index contributed by atoms with van der Waals surface area (Å²) in [5.41, 5.74) is 9.48. The highest BCUT2D eigenvalue weighted by Crippen LogP contribution is 2.31. The minimum absolute atomic E-state index is 0.0406. The first kappa shape index (κ1) is 26.0. The lowest BCUT2D eigenvalue weighted by molar-refractivity contribution is -0.116. The lowest BCUT2D eigenvalue weighted by atomic mass is 10.0. The van der Waals surface area contributed by atoms with E-state index < -0.39 is 22.5 Å². The maximum Gasteiger partial charge on any atom is 0.266 e. The van der Waals surface area contributed by atoms with Gasteiger partial charge < -0.3 is 16.8 Å². The van der Waals surface area contributed by atoms with E-state index in [9.17, 15) is 18.0 Å². The Labute approximate surface area is 237 Å². The van der Waals surface area contributed by atoms with Crippen LogP contribution >= 0.6 is 0 Å². The van der Waals surface area contributed by atoms with Crippen molar-refractivity contribution in [2.45, 2.75) is 11.4 Å². The topological polar surface area (TPSA) is 172 Å². The van der Waals surface area contributed by atoms with Gasteiger partial charge in [-0.2, -0.15) is 0 Å². The number of benzene rings is 4. The van der Waals surface area contributed by atoms with Gasteiger partial charge in [-0.05, 0) is 46.7 Å². The molecular formula is C30H26N6O4S. The van der Waals surface area contributed by atoms with Gasteiger partial charge in [0.2, 0.25) is 5.91 Å². The van der Waals surface area contributed by atoms with Gasteiger partial charge in [0.05, 0.1) is 11.2 Å². The van der Waals surface area contributed by atoms with E-state index in [1.165, 1.54) is 18.3 Å². The van der Waals surface area contributed by atoms with Crippen LogP contribution in [0, 0.1) is 5.41 Å². The minimum Gasteiger partial charge on any atom is -0.384 e. The number of fused-ring (bicyclic) bond motifs is 2. The number of nitrogens with one attached hydrogen (secondary N) is 2. The van der Waals surface area contributed by atoms with Crippen LogP contribution in [0.1, 0.15) is 21.5 Å². The second-order valence-corrected chi connectivity index (χ2v) is 11.1. The molecule has 0 aliphatic rings. The van der Waals surface area contributed by atoms with Crippen LogP contribution in [0.15, 0.2) is 102 Å². The predicted octanol–water partition coefficient (Wildman–Crippen LogP) is 3.28. The van der Waals surface area contributed by atoms with E-state index >= 15 is 0 Å². The zero-order chi connectivity index (χ0) is 29.9. The van der Waals surface area contributed by atoms with Gasteiger partial charge in [0.25, 0.3) is 15.9 Å². The Morgan fingerprint density at radius 1 is 0.951 bits per heavy atom. The van der Waals surface area contributed by atoms with Crippen molar-refractivity contribution in [1.82, 2.24) is 10.3 Å². The molecule has 6 N–H and O–H groups in total. The second-order valence-electron chi connectivity index (χ2n) is 9.27. The van der Waals surface area contributed by atoms with Gasteiger partial charge in [-0.3, -0.25) is 24.3 Å². The van der Waals surface area contributed by atoms with Crippen molar-refractivity contribution >= 4 is 55.0 Å². The van der Waals surface area contributed by atoms with Gasteiger partial charge in [0.15, 0.2) is 1.41 Å². The number of anilines is 1. The number of amidine groups is 1. The lowest BCUT2D eigenvalue weighted by Crippen LogP contribution is -2.38. The van der Waals surface area contributed by atoms with Crippen LogP contribution in [-0.2, 0) is 21.4 Å². The van der Waals surface area contributed by atoms with Crippen LogP contribution in [-0.4, -0.2) is 37.6 Å². The van der Waals surface area contributed by atoms with Crippen LogP contribution in [0.25, 0.3) is 21.7 Å². The Hall–Kier alpha value is -5.29. The van der Waals surface area contributed by atoms with E-state index in [4.69, 9.17) is 12.6 Å². The number of primary amides is 1. The molecule has 0 aliphatic heterocycles. The van der Waals surface area contributed by atoms with E-state index in [1.54, 1.807) is 84.6 Å². The summed E-state index contributed by atoms with van der Waals surface area (Å²) in [4.78, 5) is 29.6. The average molecular weight is 568 g/mol. The Balaban J connectivity index is 1.48. The average Bonchev–Trinajstić information content (AvgIpc) is 3.01. The normalized spacial score (nSPS) is 11.6. The van der Waals surface area contributed by atoms with E-state index in [-0.39, 0.29) is 34.4 Å². The fraction of sp³-hybridized carbons (Fsp3) is 0.0667. The fourth-order valence-electron chi connectivity index (χ4n) is 4.55. The van der Waals surface area contributed by atoms with Crippen molar-refractivity contribution in [3.63, 3.8) is 0 Å². The summed E-state index contributed by atoms with van der Waals surface area (Å²) in [5, 5.41) is 12.2. The van der Waals surface area contributed by atoms with E-state index in [0.29, 0.717) is 27.3 Å².